The van der Waals surface area contributed by atoms with Gasteiger partial charge in [-0.2, -0.15) is 0 Å². The first-order valence-electron chi connectivity index (χ1n) is 8.69. The van der Waals surface area contributed by atoms with Crippen LogP contribution in [0.3, 0.4) is 0 Å². The molecular formula is C18H20N4O4S. The smallest absolute Gasteiger partial charge is 0.412 e. The number of hydrogen-bond acceptors (Lipinski definition) is 8. The number of hydrogen-bond donors (Lipinski definition) is 1. The fourth-order valence-electron chi connectivity index (χ4n) is 2.96. The molecule has 1 aliphatic rings. The first-order chi connectivity index (χ1) is 13.1. The number of nitrogens with one attached hydrogen (secondary N) is 1. The Morgan fingerprint density at radius 3 is 3.00 bits per heavy atom. The summed E-state index contributed by atoms with van der Waals surface area (Å²) >= 11 is 1.62. The highest BCUT2D eigenvalue weighted by atomic mass is 32.1. The number of fused-ring (bicyclic) bond motifs is 1. The molecule has 0 saturated carbocycles. The number of benzene rings is 1. The molecule has 1 aliphatic heterocycles. The molecular weight excluding hydrogens is 368 g/mol. The number of aromatic nitrogens is 2. The highest BCUT2D eigenvalue weighted by Crippen LogP contribution is 2.29. The zero-order chi connectivity index (χ0) is 18.8. The average Bonchev–Trinajstić information content (AvgIpc) is 3.13. The van der Waals surface area contributed by atoms with Crippen molar-refractivity contribution in [3.8, 4) is 0 Å². The van der Waals surface area contributed by atoms with Crippen LogP contribution in [0.25, 0.3) is 10.2 Å². The van der Waals surface area contributed by atoms with Crippen molar-refractivity contribution in [3.05, 3.63) is 35.7 Å². The second-order valence-electron chi connectivity index (χ2n) is 6.34. The highest BCUT2D eigenvalue weighted by molar-refractivity contribution is 7.22. The van der Waals surface area contributed by atoms with Gasteiger partial charge in [0, 0.05) is 6.54 Å². The minimum atomic E-state index is -0.552. The quantitative estimate of drug-likeness (QED) is 0.736. The van der Waals surface area contributed by atoms with Gasteiger partial charge in [-0.05, 0) is 26.0 Å². The van der Waals surface area contributed by atoms with Gasteiger partial charge in [0.05, 0.1) is 30.0 Å². The van der Waals surface area contributed by atoms with Crippen LogP contribution in [0.2, 0.25) is 0 Å². The molecule has 4 rings (SSSR count). The number of carbonyl (C=O) groups is 1. The van der Waals surface area contributed by atoms with Crippen molar-refractivity contribution in [1.29, 1.82) is 0 Å². The van der Waals surface area contributed by atoms with Gasteiger partial charge in [0.15, 0.2) is 10.9 Å². The first kappa shape index (κ1) is 17.7. The Morgan fingerprint density at radius 1 is 1.37 bits per heavy atom. The lowest BCUT2D eigenvalue weighted by molar-refractivity contribution is 0.0444. The topological polar surface area (TPSA) is 89.7 Å². The van der Waals surface area contributed by atoms with E-state index in [-0.39, 0.29) is 0 Å². The average molecular weight is 388 g/mol. The number of rotatable bonds is 3. The molecule has 3 heterocycles. The lowest BCUT2D eigenvalue weighted by Gasteiger charge is -2.22. The summed E-state index contributed by atoms with van der Waals surface area (Å²) in [5.41, 5.74) is 2.12. The van der Waals surface area contributed by atoms with Crippen molar-refractivity contribution < 1.29 is 18.8 Å². The maximum absolute atomic E-state index is 12.3. The van der Waals surface area contributed by atoms with Crippen LogP contribution in [0.5, 0.6) is 0 Å². The summed E-state index contributed by atoms with van der Waals surface area (Å²) in [6.45, 7) is 5.62. The van der Waals surface area contributed by atoms with Crippen molar-refractivity contribution in [2.24, 2.45) is 0 Å². The normalized spacial score (nSPS) is 17.7. The van der Waals surface area contributed by atoms with Gasteiger partial charge < -0.3 is 18.9 Å². The van der Waals surface area contributed by atoms with Crippen LogP contribution >= 0.6 is 11.3 Å². The van der Waals surface area contributed by atoms with Gasteiger partial charge in [0.2, 0.25) is 0 Å². The van der Waals surface area contributed by atoms with E-state index in [1.54, 1.807) is 25.2 Å². The molecule has 27 heavy (non-hydrogen) atoms. The number of para-hydroxylation sites is 1. The molecule has 0 radical (unpaired) electrons. The fourth-order valence-corrected chi connectivity index (χ4v) is 3.96. The van der Waals surface area contributed by atoms with Gasteiger partial charge in [-0.15, -0.1) is 0 Å². The van der Waals surface area contributed by atoms with E-state index < -0.39 is 12.2 Å². The molecule has 0 bridgehead atoms. The van der Waals surface area contributed by atoms with Gasteiger partial charge >= 0.3 is 6.09 Å². The summed E-state index contributed by atoms with van der Waals surface area (Å²) in [4.78, 5) is 19.1. The van der Waals surface area contributed by atoms with E-state index in [1.165, 1.54) is 0 Å². The highest BCUT2D eigenvalue weighted by Gasteiger charge is 2.25. The zero-order valence-corrected chi connectivity index (χ0v) is 15.9. The summed E-state index contributed by atoms with van der Waals surface area (Å²) in [6, 6.07) is 8.02. The number of thiazole rings is 1. The first-order valence-corrected chi connectivity index (χ1v) is 9.50. The van der Waals surface area contributed by atoms with Crippen LogP contribution in [0.4, 0.5) is 15.6 Å². The van der Waals surface area contributed by atoms with Crippen LogP contribution in [0.1, 0.15) is 11.5 Å². The van der Waals surface area contributed by atoms with E-state index in [2.05, 4.69) is 26.4 Å². The van der Waals surface area contributed by atoms with Crippen molar-refractivity contribution in [2.45, 2.75) is 20.0 Å². The summed E-state index contributed by atoms with van der Waals surface area (Å²) in [7, 11) is 0. The summed E-state index contributed by atoms with van der Waals surface area (Å²) < 4.78 is 17.4. The number of nitrogens with zero attached hydrogens (tertiary/aromatic N) is 3. The Morgan fingerprint density at radius 2 is 2.22 bits per heavy atom. The van der Waals surface area contributed by atoms with Crippen LogP contribution in [-0.4, -0.2) is 48.6 Å². The van der Waals surface area contributed by atoms with Crippen LogP contribution < -0.4 is 10.2 Å². The molecule has 1 saturated heterocycles. The third kappa shape index (κ3) is 3.88. The maximum Gasteiger partial charge on any atom is 0.412 e. The zero-order valence-electron chi connectivity index (χ0n) is 15.1. The van der Waals surface area contributed by atoms with Gasteiger partial charge in [0.1, 0.15) is 17.5 Å². The Hall–Kier alpha value is -2.65. The van der Waals surface area contributed by atoms with E-state index in [4.69, 9.17) is 14.0 Å². The van der Waals surface area contributed by atoms with Crippen molar-refractivity contribution in [2.75, 3.05) is 36.5 Å². The number of carbonyl (C=O) groups excluding carboxylic acids is 1. The second-order valence-corrected chi connectivity index (χ2v) is 7.35. The third-order valence-electron chi connectivity index (χ3n) is 4.32. The van der Waals surface area contributed by atoms with Gasteiger partial charge in [-0.25, -0.2) is 9.78 Å². The van der Waals surface area contributed by atoms with Crippen LogP contribution in [0.15, 0.2) is 28.8 Å². The predicted molar refractivity (Wildman–Crippen MR) is 103 cm³/mol. The minimum Gasteiger partial charge on any atom is -0.442 e. The molecule has 1 N–H and O–H groups in total. The molecule has 1 amide bonds. The molecule has 1 fully saturated rings. The molecule has 0 spiro atoms. The number of aryl methyl sites for hydroxylation is 2. The Kier molecular flexibility index (Phi) is 4.95. The monoisotopic (exact) mass is 388 g/mol. The second kappa shape index (κ2) is 7.53. The van der Waals surface area contributed by atoms with Crippen molar-refractivity contribution in [1.82, 2.24) is 10.1 Å². The van der Waals surface area contributed by atoms with E-state index in [9.17, 15) is 4.79 Å². The van der Waals surface area contributed by atoms with Crippen molar-refractivity contribution >= 4 is 38.5 Å². The number of amides is 1. The summed E-state index contributed by atoms with van der Waals surface area (Å²) in [6.07, 6.45) is -0.955. The van der Waals surface area contributed by atoms with E-state index in [1.807, 2.05) is 18.2 Å². The van der Waals surface area contributed by atoms with Gasteiger partial charge in [-0.1, -0.05) is 28.6 Å². The summed E-state index contributed by atoms with van der Waals surface area (Å²) in [5.74, 6) is 0.540. The SMILES string of the molecule is Cc1noc(C)c1NC(=O)O[C@H]1COCCN(c2nc3ccccc3s2)C1. The Labute approximate surface area is 160 Å². The van der Waals surface area contributed by atoms with Gasteiger partial charge in [0.25, 0.3) is 0 Å². The maximum atomic E-state index is 12.3. The van der Waals surface area contributed by atoms with Gasteiger partial charge in [-0.3, -0.25) is 5.32 Å². The van der Waals surface area contributed by atoms with E-state index in [0.717, 1.165) is 15.3 Å². The molecule has 8 nitrogen and oxygen atoms in total. The van der Waals surface area contributed by atoms with E-state index >= 15 is 0 Å². The molecule has 1 atom stereocenters. The summed E-state index contributed by atoms with van der Waals surface area (Å²) in [5, 5.41) is 7.42. The lowest BCUT2D eigenvalue weighted by Crippen LogP contribution is -2.36. The molecule has 142 valence electrons. The third-order valence-corrected chi connectivity index (χ3v) is 5.42. The van der Waals surface area contributed by atoms with Crippen LogP contribution in [-0.2, 0) is 9.47 Å². The molecule has 0 unspecified atom stereocenters. The Bertz CT molecular complexity index is 901. The predicted octanol–water partition coefficient (Wildman–Crippen LogP) is 3.36. The van der Waals surface area contributed by atoms with E-state index in [0.29, 0.717) is 43.4 Å². The Balaban J connectivity index is 1.44. The van der Waals surface area contributed by atoms with Crippen LogP contribution in [0, 0.1) is 13.8 Å². The molecule has 1 aromatic carbocycles. The number of ether oxygens (including phenoxy) is 2. The molecule has 3 aromatic rings. The minimum absolute atomic E-state index is 0.344. The molecule has 2 aromatic heterocycles. The molecule has 9 heteroatoms. The number of anilines is 2. The largest absolute Gasteiger partial charge is 0.442 e. The van der Waals surface area contributed by atoms with Crippen molar-refractivity contribution in [3.63, 3.8) is 0 Å². The standard InChI is InChI=1S/C18H20N4O4S/c1-11-16(12(2)26-21-11)20-18(23)25-13-9-22(7-8-24-10-13)17-19-14-5-3-4-6-15(14)27-17/h3-6,13H,7-10H2,1-2H3,(H,20,23)/t13-/m1/s1. The molecule has 0 aliphatic carbocycles. The lowest BCUT2D eigenvalue weighted by atomic mass is 10.3. The fraction of sp³-hybridized carbons (Fsp3) is 0.389.